The van der Waals surface area contributed by atoms with Crippen molar-refractivity contribution in [2.75, 3.05) is 0 Å². The maximum absolute atomic E-state index is 13.7. The Bertz CT molecular complexity index is 643. The van der Waals surface area contributed by atoms with Gasteiger partial charge in [-0.25, -0.2) is 14.4 Å². The Morgan fingerprint density at radius 2 is 2.18 bits per heavy atom. The van der Waals surface area contributed by atoms with E-state index in [0.29, 0.717) is 5.82 Å². The van der Waals surface area contributed by atoms with Gasteiger partial charge < -0.3 is 0 Å². The number of nitrogens with zero attached hydrogens (tertiary/aromatic N) is 3. The minimum atomic E-state index is -1.13. The normalized spacial score (nSPS) is 13.1. The second-order valence-corrected chi connectivity index (χ2v) is 4.46. The fourth-order valence-corrected chi connectivity index (χ4v) is 2.44. The molecule has 3 rings (SSSR count). The van der Waals surface area contributed by atoms with E-state index >= 15 is 0 Å². The number of rotatable bonds is 2. The molecule has 86 valence electrons. The van der Waals surface area contributed by atoms with Crippen molar-refractivity contribution in [2.45, 2.75) is 13.2 Å². The van der Waals surface area contributed by atoms with Crippen molar-refractivity contribution in [3.63, 3.8) is 0 Å². The van der Waals surface area contributed by atoms with Gasteiger partial charge in [-0.15, -0.1) is 11.3 Å². The van der Waals surface area contributed by atoms with Gasteiger partial charge in [-0.3, -0.25) is 4.57 Å². The van der Waals surface area contributed by atoms with Crippen molar-refractivity contribution in [3.05, 3.63) is 35.2 Å². The first-order valence-electron chi connectivity index (χ1n) is 5.27. The van der Waals surface area contributed by atoms with Crippen molar-refractivity contribution in [2.24, 2.45) is 0 Å². The first-order chi connectivity index (χ1) is 8.27. The molecule has 0 aliphatic heterocycles. The molecule has 0 saturated carbocycles. The molecule has 1 aromatic carbocycles. The van der Waals surface area contributed by atoms with Crippen LogP contribution in [0.5, 0.6) is 0 Å². The van der Waals surface area contributed by atoms with Crippen LogP contribution in [0.4, 0.5) is 4.39 Å². The first-order valence-corrected chi connectivity index (χ1v) is 6.21. The highest BCUT2D eigenvalue weighted by molar-refractivity contribution is 7.07. The van der Waals surface area contributed by atoms with Crippen molar-refractivity contribution < 1.29 is 4.39 Å². The molecule has 0 spiro atoms. The van der Waals surface area contributed by atoms with Crippen LogP contribution < -0.4 is 0 Å². The highest BCUT2D eigenvalue weighted by Gasteiger charge is 2.17. The van der Waals surface area contributed by atoms with E-state index in [1.807, 2.05) is 29.6 Å². The zero-order valence-corrected chi connectivity index (χ0v) is 9.99. The zero-order chi connectivity index (χ0) is 11.8. The summed E-state index contributed by atoms with van der Waals surface area (Å²) in [6.07, 6.45) is -1.13. The molecule has 0 radical (unpaired) electrons. The van der Waals surface area contributed by atoms with Gasteiger partial charge in [0.1, 0.15) is 5.69 Å². The fourth-order valence-electron chi connectivity index (χ4n) is 1.91. The number of thiazole rings is 1. The van der Waals surface area contributed by atoms with Crippen LogP contribution in [0.2, 0.25) is 0 Å². The Hall–Kier alpha value is -1.75. The summed E-state index contributed by atoms with van der Waals surface area (Å²) in [5, 5.41) is 1.88. The summed E-state index contributed by atoms with van der Waals surface area (Å²) in [6.45, 7) is 1.50. The molecule has 1 unspecified atom stereocenters. The number of benzene rings is 1. The summed E-state index contributed by atoms with van der Waals surface area (Å²) in [6, 6.07) is 7.53. The van der Waals surface area contributed by atoms with Crippen LogP contribution in [-0.2, 0) is 0 Å². The number of fused-ring (bicyclic) bond motifs is 1. The van der Waals surface area contributed by atoms with Crippen molar-refractivity contribution in [1.82, 2.24) is 14.5 Å². The summed E-state index contributed by atoms with van der Waals surface area (Å²) in [5.74, 6) is 0.586. The summed E-state index contributed by atoms with van der Waals surface area (Å²) >= 11 is 1.48. The van der Waals surface area contributed by atoms with Gasteiger partial charge in [-0.05, 0) is 19.1 Å². The lowest BCUT2D eigenvalue weighted by Gasteiger charge is -2.08. The molecule has 0 saturated heterocycles. The van der Waals surface area contributed by atoms with E-state index in [9.17, 15) is 4.39 Å². The van der Waals surface area contributed by atoms with E-state index in [2.05, 4.69) is 9.97 Å². The molecule has 0 aliphatic carbocycles. The Morgan fingerprint density at radius 3 is 2.88 bits per heavy atom. The molecule has 3 nitrogen and oxygen atoms in total. The molecule has 5 heteroatoms. The lowest BCUT2D eigenvalue weighted by molar-refractivity contribution is 0.277. The topological polar surface area (TPSA) is 30.7 Å². The number of imidazole rings is 1. The Labute approximate surface area is 102 Å². The molecular weight excluding hydrogens is 237 g/mol. The minimum Gasteiger partial charge on any atom is -0.291 e. The van der Waals surface area contributed by atoms with Gasteiger partial charge >= 0.3 is 0 Å². The molecule has 0 fully saturated rings. The van der Waals surface area contributed by atoms with E-state index in [4.69, 9.17) is 0 Å². The smallest absolute Gasteiger partial charge is 0.175 e. The molecule has 3 aromatic rings. The van der Waals surface area contributed by atoms with Crippen LogP contribution in [0, 0.1) is 0 Å². The van der Waals surface area contributed by atoms with Crippen LogP contribution in [0.3, 0.4) is 0 Å². The standard InChI is InChI=1S/C12H10FN3S/c1-8(13)16-11-5-3-2-4-9(11)15-12(16)10-6-17-7-14-10/h2-8H,1H3. The molecule has 2 aromatic heterocycles. The van der Waals surface area contributed by atoms with Crippen LogP contribution in [-0.4, -0.2) is 14.5 Å². The van der Waals surface area contributed by atoms with Gasteiger partial charge in [0, 0.05) is 5.38 Å². The van der Waals surface area contributed by atoms with Gasteiger partial charge in [0.2, 0.25) is 0 Å². The molecule has 0 amide bonds. The Morgan fingerprint density at radius 1 is 1.35 bits per heavy atom. The van der Waals surface area contributed by atoms with Gasteiger partial charge in [0.15, 0.2) is 12.1 Å². The molecule has 0 N–H and O–H groups in total. The highest BCUT2D eigenvalue weighted by atomic mass is 32.1. The van der Waals surface area contributed by atoms with Crippen LogP contribution >= 0.6 is 11.3 Å². The summed E-state index contributed by atoms with van der Waals surface area (Å²) < 4.78 is 15.3. The maximum atomic E-state index is 13.7. The number of aromatic nitrogens is 3. The van der Waals surface area contributed by atoms with E-state index in [-0.39, 0.29) is 0 Å². The molecular formula is C12H10FN3S. The zero-order valence-electron chi connectivity index (χ0n) is 9.17. The second-order valence-electron chi connectivity index (χ2n) is 3.74. The van der Waals surface area contributed by atoms with Crippen molar-refractivity contribution >= 4 is 22.4 Å². The van der Waals surface area contributed by atoms with Crippen molar-refractivity contribution in [1.29, 1.82) is 0 Å². The van der Waals surface area contributed by atoms with E-state index in [1.165, 1.54) is 18.3 Å². The average Bonchev–Trinajstić information content (AvgIpc) is 2.95. The Kier molecular flexibility index (Phi) is 2.40. The molecule has 1 atom stereocenters. The molecule has 0 aliphatic rings. The molecule has 17 heavy (non-hydrogen) atoms. The van der Waals surface area contributed by atoms with E-state index < -0.39 is 6.30 Å². The van der Waals surface area contributed by atoms with Gasteiger partial charge in [0.05, 0.1) is 16.5 Å². The van der Waals surface area contributed by atoms with Crippen LogP contribution in [0.15, 0.2) is 35.2 Å². The number of para-hydroxylation sites is 2. The highest BCUT2D eigenvalue weighted by Crippen LogP contribution is 2.28. The van der Waals surface area contributed by atoms with Crippen LogP contribution in [0.1, 0.15) is 13.2 Å². The van der Waals surface area contributed by atoms with Gasteiger partial charge in [-0.2, -0.15) is 0 Å². The van der Waals surface area contributed by atoms with E-state index in [1.54, 1.807) is 10.1 Å². The quantitative estimate of drug-likeness (QED) is 0.692. The summed E-state index contributed by atoms with van der Waals surface area (Å²) in [5.41, 5.74) is 4.03. The second kappa shape index (κ2) is 3.92. The monoisotopic (exact) mass is 247 g/mol. The van der Waals surface area contributed by atoms with Gasteiger partial charge in [0.25, 0.3) is 0 Å². The lowest BCUT2D eigenvalue weighted by Crippen LogP contribution is -2.01. The first kappa shape index (κ1) is 10.4. The number of hydrogen-bond donors (Lipinski definition) is 0. The minimum absolute atomic E-state index is 0.586. The molecule has 0 bridgehead atoms. The molecule has 2 heterocycles. The summed E-state index contributed by atoms with van der Waals surface area (Å²) in [7, 11) is 0. The third-order valence-corrected chi connectivity index (χ3v) is 3.20. The maximum Gasteiger partial charge on any atom is 0.175 e. The lowest BCUT2D eigenvalue weighted by atomic mass is 10.3. The number of alkyl halides is 1. The van der Waals surface area contributed by atoms with Crippen LogP contribution in [0.25, 0.3) is 22.6 Å². The van der Waals surface area contributed by atoms with Crippen molar-refractivity contribution in [3.8, 4) is 11.5 Å². The fraction of sp³-hybridized carbons (Fsp3) is 0.167. The summed E-state index contributed by atoms with van der Waals surface area (Å²) in [4.78, 5) is 8.64. The third-order valence-electron chi connectivity index (χ3n) is 2.61. The predicted octanol–water partition coefficient (Wildman–Crippen LogP) is 3.65. The largest absolute Gasteiger partial charge is 0.291 e. The number of halogens is 1. The number of hydrogen-bond acceptors (Lipinski definition) is 3. The SMILES string of the molecule is CC(F)n1c(-c2cscn2)nc2ccccc21. The Balaban J connectivity index is 2.34. The third kappa shape index (κ3) is 1.63. The average molecular weight is 247 g/mol. The van der Waals surface area contributed by atoms with Gasteiger partial charge in [-0.1, -0.05) is 12.1 Å². The predicted molar refractivity (Wildman–Crippen MR) is 66.7 cm³/mol. The van der Waals surface area contributed by atoms with E-state index in [0.717, 1.165) is 16.7 Å².